The Kier molecular flexibility index (Phi) is 7.40. The van der Waals surface area contributed by atoms with Crippen LogP contribution >= 0.6 is 11.6 Å². The molecule has 0 fully saturated rings. The number of carbonyl (C=O) groups is 3. The third-order valence-electron chi connectivity index (χ3n) is 3.65. The monoisotopic (exact) mass is 365 g/mol. The molecule has 1 aromatic rings. The Hall–Kier alpha value is -2.59. The van der Waals surface area contributed by atoms with Gasteiger partial charge in [0.05, 0.1) is 6.07 Å². The highest BCUT2D eigenvalue weighted by molar-refractivity contribution is 6.30. The number of nitriles is 1. The van der Waals surface area contributed by atoms with E-state index >= 15 is 0 Å². The van der Waals surface area contributed by atoms with Gasteiger partial charge in [-0.05, 0) is 37.1 Å². The molecule has 2 amide bonds. The van der Waals surface area contributed by atoms with E-state index < -0.39 is 29.9 Å². The number of rotatable bonds is 7. The molecule has 0 unspecified atom stereocenters. The number of halogens is 1. The molecular formula is C17H20ClN3O4. The lowest BCUT2D eigenvalue weighted by atomic mass is 9.90. The first kappa shape index (κ1) is 20.5. The van der Waals surface area contributed by atoms with E-state index in [4.69, 9.17) is 21.6 Å². The fraction of sp³-hybridized carbons (Fsp3) is 0.412. The van der Waals surface area contributed by atoms with Crippen LogP contribution in [0, 0.1) is 17.2 Å². The van der Waals surface area contributed by atoms with Crippen LogP contribution in [-0.4, -0.2) is 36.5 Å². The highest BCUT2D eigenvalue weighted by Crippen LogP contribution is 2.14. The molecule has 0 bridgehead atoms. The quantitative estimate of drug-likeness (QED) is 0.714. The van der Waals surface area contributed by atoms with E-state index in [9.17, 15) is 14.4 Å². The van der Waals surface area contributed by atoms with Crippen LogP contribution in [-0.2, 0) is 14.3 Å². The SMILES string of the molecule is CC(C)[C@@](C)(C#N)NC(=O)COC(=O)CNC(=O)c1ccc(Cl)cc1. The van der Waals surface area contributed by atoms with Crippen LogP contribution in [0.1, 0.15) is 31.1 Å². The summed E-state index contributed by atoms with van der Waals surface area (Å²) in [6.07, 6.45) is 0. The largest absolute Gasteiger partial charge is 0.454 e. The van der Waals surface area contributed by atoms with Crippen LogP contribution in [0.2, 0.25) is 5.02 Å². The number of ether oxygens (including phenoxy) is 1. The zero-order valence-corrected chi connectivity index (χ0v) is 15.0. The van der Waals surface area contributed by atoms with Crippen molar-refractivity contribution >= 4 is 29.4 Å². The molecule has 0 spiro atoms. The highest BCUT2D eigenvalue weighted by Gasteiger charge is 2.30. The van der Waals surface area contributed by atoms with Crippen molar-refractivity contribution < 1.29 is 19.1 Å². The van der Waals surface area contributed by atoms with Crippen LogP contribution in [0.25, 0.3) is 0 Å². The predicted octanol–water partition coefficient (Wildman–Crippen LogP) is 1.67. The van der Waals surface area contributed by atoms with Crippen LogP contribution in [0.5, 0.6) is 0 Å². The second-order valence-electron chi connectivity index (χ2n) is 5.87. The maximum absolute atomic E-state index is 11.8. The van der Waals surface area contributed by atoms with E-state index in [0.717, 1.165) is 0 Å². The summed E-state index contributed by atoms with van der Waals surface area (Å²) in [6.45, 7) is 4.27. The van der Waals surface area contributed by atoms with Crippen molar-refractivity contribution in [1.82, 2.24) is 10.6 Å². The van der Waals surface area contributed by atoms with E-state index in [1.807, 2.05) is 6.07 Å². The molecule has 1 aromatic carbocycles. The number of hydrogen-bond acceptors (Lipinski definition) is 5. The minimum atomic E-state index is -1.05. The zero-order chi connectivity index (χ0) is 19.0. The standard InChI is InChI=1S/C17H20ClN3O4/c1-11(2)17(3,10-19)21-14(22)9-25-15(23)8-20-16(24)12-4-6-13(18)7-5-12/h4-7,11H,8-9H2,1-3H3,(H,20,24)(H,21,22)/t17-/m1/s1. The van der Waals surface area contributed by atoms with Gasteiger partial charge < -0.3 is 15.4 Å². The van der Waals surface area contributed by atoms with Gasteiger partial charge in [-0.1, -0.05) is 25.4 Å². The average molecular weight is 366 g/mol. The van der Waals surface area contributed by atoms with Crippen molar-refractivity contribution in [2.75, 3.05) is 13.2 Å². The maximum atomic E-state index is 11.8. The van der Waals surface area contributed by atoms with Crippen molar-refractivity contribution in [1.29, 1.82) is 5.26 Å². The molecule has 0 saturated heterocycles. The summed E-state index contributed by atoms with van der Waals surface area (Å²) in [5, 5.41) is 14.5. The van der Waals surface area contributed by atoms with Gasteiger partial charge in [0.1, 0.15) is 12.1 Å². The third-order valence-corrected chi connectivity index (χ3v) is 3.90. The van der Waals surface area contributed by atoms with Gasteiger partial charge in [-0.15, -0.1) is 0 Å². The number of nitrogens with zero attached hydrogens (tertiary/aromatic N) is 1. The first-order valence-electron chi connectivity index (χ1n) is 7.59. The van der Waals surface area contributed by atoms with E-state index in [2.05, 4.69) is 10.6 Å². The summed E-state index contributed by atoms with van der Waals surface area (Å²) in [7, 11) is 0. The van der Waals surface area contributed by atoms with Crippen molar-refractivity contribution in [2.45, 2.75) is 26.3 Å². The van der Waals surface area contributed by atoms with Crippen LogP contribution < -0.4 is 10.6 Å². The third kappa shape index (κ3) is 6.43. The molecule has 7 nitrogen and oxygen atoms in total. The Morgan fingerprint density at radius 1 is 1.28 bits per heavy atom. The molecule has 2 N–H and O–H groups in total. The summed E-state index contributed by atoms with van der Waals surface area (Å²) in [6, 6.07) is 8.17. The first-order valence-corrected chi connectivity index (χ1v) is 7.97. The lowest BCUT2D eigenvalue weighted by Gasteiger charge is -2.27. The lowest BCUT2D eigenvalue weighted by Crippen LogP contribution is -2.50. The number of benzene rings is 1. The van der Waals surface area contributed by atoms with Gasteiger partial charge in [0, 0.05) is 10.6 Å². The van der Waals surface area contributed by atoms with E-state index in [0.29, 0.717) is 10.6 Å². The maximum Gasteiger partial charge on any atom is 0.325 e. The number of esters is 1. The summed E-state index contributed by atoms with van der Waals surface area (Å²) < 4.78 is 4.78. The summed E-state index contributed by atoms with van der Waals surface area (Å²) >= 11 is 5.73. The zero-order valence-electron chi connectivity index (χ0n) is 14.3. The number of carbonyl (C=O) groups excluding carboxylic acids is 3. The molecule has 0 aliphatic rings. The molecular weight excluding hydrogens is 346 g/mol. The lowest BCUT2D eigenvalue weighted by molar-refractivity contribution is -0.147. The second kappa shape index (κ2) is 9.04. The van der Waals surface area contributed by atoms with Crippen molar-refractivity contribution in [3.8, 4) is 6.07 Å². The van der Waals surface area contributed by atoms with Gasteiger partial charge in [-0.3, -0.25) is 14.4 Å². The minimum absolute atomic E-state index is 0.115. The number of amides is 2. The molecule has 8 heteroatoms. The van der Waals surface area contributed by atoms with Gasteiger partial charge in [0.2, 0.25) is 0 Å². The predicted molar refractivity (Wildman–Crippen MR) is 91.7 cm³/mol. The molecule has 134 valence electrons. The fourth-order valence-electron chi connectivity index (χ4n) is 1.68. The molecule has 0 saturated carbocycles. The normalized spacial score (nSPS) is 12.6. The van der Waals surface area contributed by atoms with Crippen molar-refractivity contribution in [2.24, 2.45) is 5.92 Å². The minimum Gasteiger partial charge on any atom is -0.454 e. The topological polar surface area (TPSA) is 108 Å². The van der Waals surface area contributed by atoms with Gasteiger partial charge in [0.25, 0.3) is 11.8 Å². The molecule has 0 radical (unpaired) electrons. The molecule has 0 aromatic heterocycles. The Morgan fingerprint density at radius 3 is 2.40 bits per heavy atom. The van der Waals surface area contributed by atoms with E-state index in [-0.39, 0.29) is 12.5 Å². The van der Waals surface area contributed by atoms with Crippen LogP contribution in [0.3, 0.4) is 0 Å². The molecule has 1 atom stereocenters. The first-order chi connectivity index (χ1) is 11.7. The Bertz CT molecular complexity index is 682. The Morgan fingerprint density at radius 2 is 1.88 bits per heavy atom. The van der Waals surface area contributed by atoms with Gasteiger partial charge in [-0.2, -0.15) is 5.26 Å². The van der Waals surface area contributed by atoms with E-state index in [1.165, 1.54) is 12.1 Å². The van der Waals surface area contributed by atoms with Gasteiger partial charge in [-0.25, -0.2) is 0 Å². The van der Waals surface area contributed by atoms with Gasteiger partial charge >= 0.3 is 5.97 Å². The van der Waals surface area contributed by atoms with Crippen LogP contribution in [0.4, 0.5) is 0 Å². The highest BCUT2D eigenvalue weighted by atomic mass is 35.5. The molecule has 0 aliphatic heterocycles. The summed E-state index contributed by atoms with van der Waals surface area (Å²) in [4.78, 5) is 35.2. The molecule has 1 rings (SSSR count). The van der Waals surface area contributed by atoms with Crippen molar-refractivity contribution in [3.63, 3.8) is 0 Å². The van der Waals surface area contributed by atoms with Crippen LogP contribution in [0.15, 0.2) is 24.3 Å². The number of nitrogens with one attached hydrogen (secondary N) is 2. The fourth-order valence-corrected chi connectivity index (χ4v) is 1.81. The second-order valence-corrected chi connectivity index (χ2v) is 6.30. The molecule has 0 heterocycles. The summed E-state index contributed by atoms with van der Waals surface area (Å²) in [5.41, 5.74) is -0.705. The summed E-state index contributed by atoms with van der Waals surface area (Å²) in [5.74, 6) is -1.93. The smallest absolute Gasteiger partial charge is 0.325 e. The van der Waals surface area contributed by atoms with Gasteiger partial charge in [0.15, 0.2) is 6.61 Å². The Labute approximate surface area is 151 Å². The van der Waals surface area contributed by atoms with Crippen molar-refractivity contribution in [3.05, 3.63) is 34.9 Å². The average Bonchev–Trinajstić information content (AvgIpc) is 2.58. The van der Waals surface area contributed by atoms with E-state index in [1.54, 1.807) is 32.9 Å². The number of hydrogen-bond donors (Lipinski definition) is 2. The Balaban J connectivity index is 2.40. The molecule has 25 heavy (non-hydrogen) atoms. The molecule has 0 aliphatic carbocycles.